The van der Waals surface area contributed by atoms with Gasteiger partial charge in [-0.25, -0.2) is 0 Å². The molecule has 1 heteroatoms. The molecule has 0 aromatic rings. The molecule has 0 N–H and O–H groups in total. The highest BCUT2D eigenvalue weighted by atomic mass is 32.2. The lowest BCUT2D eigenvalue weighted by atomic mass is 10.1. The highest BCUT2D eigenvalue weighted by molar-refractivity contribution is 7.99. The Morgan fingerprint density at radius 3 is 2.46 bits per heavy atom. The summed E-state index contributed by atoms with van der Waals surface area (Å²) in [6, 6.07) is 0. The zero-order valence-electron chi connectivity index (χ0n) is 9.38. The topological polar surface area (TPSA) is 0 Å². The van der Waals surface area contributed by atoms with Gasteiger partial charge in [-0.15, -0.1) is 0 Å². The summed E-state index contributed by atoms with van der Waals surface area (Å²) in [7, 11) is 0. The van der Waals surface area contributed by atoms with E-state index in [1.54, 1.807) is 0 Å². The number of unbranched alkanes of at least 4 members (excludes halogenated alkanes) is 4. The Kier molecular flexibility index (Phi) is 10.2. The van der Waals surface area contributed by atoms with Gasteiger partial charge in [-0.05, 0) is 32.4 Å². The Balaban J connectivity index is 2.99. The van der Waals surface area contributed by atoms with E-state index in [9.17, 15) is 0 Å². The van der Waals surface area contributed by atoms with Crippen LogP contribution in [0.4, 0.5) is 0 Å². The first-order valence-corrected chi connectivity index (χ1v) is 6.74. The molecule has 0 spiro atoms. The van der Waals surface area contributed by atoms with Crippen molar-refractivity contribution in [2.24, 2.45) is 0 Å². The van der Waals surface area contributed by atoms with E-state index in [0.717, 1.165) is 5.25 Å². The highest BCUT2D eigenvalue weighted by Crippen LogP contribution is 2.14. The second-order valence-electron chi connectivity index (χ2n) is 3.61. The Morgan fingerprint density at radius 2 is 1.85 bits per heavy atom. The van der Waals surface area contributed by atoms with E-state index in [4.69, 9.17) is 0 Å². The largest absolute Gasteiger partial charge is 0.162 e. The first kappa shape index (κ1) is 13.1. The average molecular weight is 200 g/mol. The zero-order chi connectivity index (χ0) is 9.94. The number of rotatable bonds is 8. The average Bonchev–Trinajstić information content (AvgIpc) is 2.16. The molecule has 0 aromatic carbocycles. The third-order valence-corrected chi connectivity index (χ3v) is 3.41. The lowest BCUT2D eigenvalue weighted by Crippen LogP contribution is -1.93. The van der Waals surface area contributed by atoms with Crippen LogP contribution in [0.5, 0.6) is 0 Å². The van der Waals surface area contributed by atoms with Gasteiger partial charge in [0, 0.05) is 5.25 Å². The third-order valence-electron chi connectivity index (χ3n) is 2.37. The molecule has 0 bridgehead atoms. The molecule has 0 fully saturated rings. The Bertz CT molecular complexity index is 118. The molecule has 0 radical (unpaired) electrons. The van der Waals surface area contributed by atoms with Crippen LogP contribution < -0.4 is 0 Å². The summed E-state index contributed by atoms with van der Waals surface area (Å²) >= 11 is 1.99. The molecule has 0 aliphatic rings. The van der Waals surface area contributed by atoms with Crippen molar-refractivity contribution >= 4 is 11.8 Å². The van der Waals surface area contributed by atoms with Gasteiger partial charge < -0.3 is 0 Å². The predicted molar refractivity (Wildman–Crippen MR) is 65.5 cm³/mol. The Morgan fingerprint density at radius 1 is 1.15 bits per heavy atom. The number of hydrogen-bond acceptors (Lipinski definition) is 1. The minimum absolute atomic E-state index is 0.857. The molecule has 78 valence electrons. The van der Waals surface area contributed by atoms with Crippen molar-refractivity contribution in [3.63, 3.8) is 0 Å². The molecular formula is C12H24S. The van der Waals surface area contributed by atoms with E-state index in [2.05, 4.69) is 32.3 Å². The summed E-state index contributed by atoms with van der Waals surface area (Å²) < 4.78 is 0. The van der Waals surface area contributed by atoms with Crippen molar-refractivity contribution in [2.45, 2.75) is 57.6 Å². The highest BCUT2D eigenvalue weighted by Gasteiger charge is 1.97. The van der Waals surface area contributed by atoms with E-state index in [1.165, 1.54) is 38.5 Å². The molecule has 1 atom stereocenters. The van der Waals surface area contributed by atoms with E-state index in [1.807, 2.05) is 11.8 Å². The summed E-state index contributed by atoms with van der Waals surface area (Å²) in [4.78, 5) is 0. The Hall–Kier alpha value is 0.0900. The summed E-state index contributed by atoms with van der Waals surface area (Å²) in [5, 5.41) is 0.857. The quantitative estimate of drug-likeness (QED) is 0.406. The zero-order valence-corrected chi connectivity index (χ0v) is 10.2. The van der Waals surface area contributed by atoms with Crippen LogP contribution in [0, 0.1) is 0 Å². The van der Waals surface area contributed by atoms with E-state index < -0.39 is 0 Å². The van der Waals surface area contributed by atoms with Crippen LogP contribution in [0.2, 0.25) is 0 Å². The van der Waals surface area contributed by atoms with Crippen LogP contribution in [-0.4, -0.2) is 11.5 Å². The van der Waals surface area contributed by atoms with Crippen molar-refractivity contribution in [1.29, 1.82) is 0 Å². The monoisotopic (exact) mass is 200 g/mol. The van der Waals surface area contributed by atoms with Crippen molar-refractivity contribution < 1.29 is 0 Å². The van der Waals surface area contributed by atoms with Gasteiger partial charge in [0.15, 0.2) is 0 Å². The van der Waals surface area contributed by atoms with Crippen molar-refractivity contribution in [1.82, 2.24) is 0 Å². The Labute approximate surface area is 88.2 Å². The summed E-state index contributed by atoms with van der Waals surface area (Å²) in [6.07, 6.45) is 14.9. The summed E-state index contributed by atoms with van der Waals surface area (Å²) in [5.74, 6) is 0. The second-order valence-corrected chi connectivity index (χ2v) is 4.88. The van der Waals surface area contributed by atoms with Gasteiger partial charge in [0.2, 0.25) is 0 Å². The second kappa shape index (κ2) is 10.2. The molecule has 13 heavy (non-hydrogen) atoms. The molecule has 0 aliphatic carbocycles. The molecule has 0 saturated carbocycles. The molecule has 0 amide bonds. The molecule has 0 saturated heterocycles. The van der Waals surface area contributed by atoms with Crippen LogP contribution in [0.1, 0.15) is 52.4 Å². The maximum Gasteiger partial charge on any atom is 0.00159 e. The van der Waals surface area contributed by atoms with Crippen LogP contribution >= 0.6 is 11.8 Å². The maximum atomic E-state index is 2.32. The fourth-order valence-corrected chi connectivity index (χ4v) is 1.73. The van der Waals surface area contributed by atoms with Crippen molar-refractivity contribution in [3.8, 4) is 0 Å². The molecule has 0 aromatic heterocycles. The van der Waals surface area contributed by atoms with Crippen molar-refractivity contribution in [3.05, 3.63) is 12.2 Å². The van der Waals surface area contributed by atoms with Crippen LogP contribution in [0.3, 0.4) is 0 Å². The van der Waals surface area contributed by atoms with Gasteiger partial charge in [-0.2, -0.15) is 11.8 Å². The van der Waals surface area contributed by atoms with Gasteiger partial charge in [0.1, 0.15) is 0 Å². The van der Waals surface area contributed by atoms with Gasteiger partial charge in [0.25, 0.3) is 0 Å². The molecule has 1 unspecified atom stereocenters. The van der Waals surface area contributed by atoms with Gasteiger partial charge >= 0.3 is 0 Å². The normalized spacial score (nSPS) is 13.8. The molecule has 0 nitrogen and oxygen atoms in total. The first-order chi connectivity index (χ1) is 6.31. The first-order valence-electron chi connectivity index (χ1n) is 5.45. The van der Waals surface area contributed by atoms with E-state index in [0.29, 0.717) is 0 Å². The van der Waals surface area contributed by atoms with Crippen LogP contribution in [-0.2, 0) is 0 Å². The number of allylic oxidation sites excluding steroid dienone is 2. The van der Waals surface area contributed by atoms with Crippen LogP contribution in [0.15, 0.2) is 12.2 Å². The van der Waals surface area contributed by atoms with E-state index in [-0.39, 0.29) is 0 Å². The fourth-order valence-electron chi connectivity index (χ4n) is 1.33. The minimum Gasteiger partial charge on any atom is -0.162 e. The van der Waals surface area contributed by atoms with Crippen LogP contribution in [0.25, 0.3) is 0 Å². The summed E-state index contributed by atoms with van der Waals surface area (Å²) in [6.45, 7) is 4.42. The smallest absolute Gasteiger partial charge is 0.00159 e. The van der Waals surface area contributed by atoms with Gasteiger partial charge in [-0.3, -0.25) is 0 Å². The number of thioether (sulfide) groups is 1. The molecule has 0 aliphatic heterocycles. The van der Waals surface area contributed by atoms with Gasteiger partial charge in [-0.1, -0.05) is 38.3 Å². The standard InChI is InChI=1S/C12H24S/c1-4-5-6-7-8-9-10-11-12(2)13-3/h4-5,12H,6-11H2,1-3H3. The van der Waals surface area contributed by atoms with Crippen molar-refractivity contribution in [2.75, 3.05) is 6.26 Å². The minimum atomic E-state index is 0.857. The predicted octanol–water partition coefficient (Wildman–Crippen LogP) is 4.65. The molecule has 0 heterocycles. The lowest BCUT2D eigenvalue weighted by Gasteiger charge is -2.06. The number of hydrogen-bond donors (Lipinski definition) is 0. The lowest BCUT2D eigenvalue weighted by molar-refractivity contribution is 0.616. The fraction of sp³-hybridized carbons (Fsp3) is 0.833. The molecular weight excluding hydrogens is 176 g/mol. The third kappa shape index (κ3) is 10.0. The summed E-state index contributed by atoms with van der Waals surface area (Å²) in [5.41, 5.74) is 0. The van der Waals surface area contributed by atoms with Gasteiger partial charge in [0.05, 0.1) is 0 Å². The maximum absolute atomic E-state index is 2.32. The van der Waals surface area contributed by atoms with E-state index >= 15 is 0 Å². The molecule has 0 rings (SSSR count). The SMILES string of the molecule is CC=CCCCCCCC(C)SC.